The maximum Gasteiger partial charge on any atom is 0.191 e. The lowest BCUT2D eigenvalue weighted by Gasteiger charge is -2.31. The molecule has 2 heterocycles. The van der Waals surface area contributed by atoms with Crippen LogP contribution in [0.2, 0.25) is 0 Å². The highest BCUT2D eigenvalue weighted by Gasteiger charge is 2.24. The fourth-order valence-corrected chi connectivity index (χ4v) is 3.35. The van der Waals surface area contributed by atoms with Gasteiger partial charge in [-0.05, 0) is 58.7 Å². The molecule has 0 saturated carbocycles. The van der Waals surface area contributed by atoms with Crippen molar-refractivity contribution in [2.24, 2.45) is 18.0 Å². The summed E-state index contributed by atoms with van der Waals surface area (Å²) in [5, 5.41) is 21.5. The van der Waals surface area contributed by atoms with E-state index in [1.165, 1.54) is 38.9 Å². The highest BCUT2D eigenvalue weighted by atomic mass is 16.3. The highest BCUT2D eigenvalue weighted by molar-refractivity contribution is 5.79. The molecule has 1 aliphatic heterocycles. The van der Waals surface area contributed by atoms with Crippen LogP contribution in [0.25, 0.3) is 0 Å². The van der Waals surface area contributed by atoms with E-state index in [2.05, 4.69) is 39.5 Å². The molecular formula is C19H36N6O. The molecular weight excluding hydrogens is 328 g/mol. The first-order valence-corrected chi connectivity index (χ1v) is 9.90. The normalized spacial score (nSPS) is 19.3. The van der Waals surface area contributed by atoms with Crippen LogP contribution in [-0.4, -0.2) is 65.0 Å². The number of nitrogens with one attached hydrogen (secondary N) is 2. The fraction of sp³-hybridized carbons (Fsp3) is 0.789. The molecule has 0 radical (unpaired) electrons. The van der Waals surface area contributed by atoms with E-state index in [0.717, 1.165) is 30.5 Å². The second-order valence-corrected chi connectivity index (χ2v) is 7.46. The molecule has 26 heavy (non-hydrogen) atoms. The molecule has 0 bridgehead atoms. The maximum absolute atomic E-state index is 10.7. The molecule has 7 nitrogen and oxygen atoms in total. The molecule has 0 spiro atoms. The number of piperidine rings is 1. The number of aliphatic imine (C=N–C) groups is 1. The van der Waals surface area contributed by atoms with E-state index < -0.39 is 5.60 Å². The van der Waals surface area contributed by atoms with Gasteiger partial charge in [-0.2, -0.15) is 5.10 Å². The van der Waals surface area contributed by atoms with Gasteiger partial charge in [0.25, 0.3) is 0 Å². The second-order valence-electron chi connectivity index (χ2n) is 7.46. The lowest BCUT2D eigenvalue weighted by Crippen LogP contribution is -2.40. The average molecular weight is 365 g/mol. The van der Waals surface area contributed by atoms with E-state index in [-0.39, 0.29) is 0 Å². The first kappa shape index (κ1) is 20.7. The Labute approximate surface area is 157 Å². The van der Waals surface area contributed by atoms with Crippen molar-refractivity contribution in [3.8, 4) is 0 Å². The van der Waals surface area contributed by atoms with E-state index >= 15 is 0 Å². The van der Waals surface area contributed by atoms with E-state index in [1.54, 1.807) is 17.8 Å². The Hall–Kier alpha value is -1.60. The molecule has 7 heteroatoms. The molecule has 1 unspecified atom stereocenters. The van der Waals surface area contributed by atoms with Crippen LogP contribution in [0, 0.1) is 5.92 Å². The molecule has 1 aliphatic rings. The van der Waals surface area contributed by atoms with Crippen LogP contribution >= 0.6 is 0 Å². The van der Waals surface area contributed by atoms with Gasteiger partial charge in [-0.15, -0.1) is 0 Å². The summed E-state index contributed by atoms with van der Waals surface area (Å²) in [6.45, 7) is 11.7. The third-order valence-corrected chi connectivity index (χ3v) is 5.22. The molecule has 1 saturated heterocycles. The number of nitrogens with zero attached hydrogens (tertiary/aromatic N) is 4. The largest absolute Gasteiger partial charge is 0.383 e. The van der Waals surface area contributed by atoms with E-state index in [4.69, 9.17) is 0 Å². The Morgan fingerprint density at radius 1 is 1.35 bits per heavy atom. The number of rotatable bonds is 8. The predicted octanol–water partition coefficient (Wildman–Crippen LogP) is 1.30. The zero-order valence-electron chi connectivity index (χ0n) is 16.8. The van der Waals surface area contributed by atoms with Gasteiger partial charge in [-0.25, -0.2) is 4.99 Å². The van der Waals surface area contributed by atoms with Gasteiger partial charge in [0.2, 0.25) is 0 Å². The maximum atomic E-state index is 10.7. The number of guanidine groups is 1. The van der Waals surface area contributed by atoms with Gasteiger partial charge < -0.3 is 20.6 Å². The Balaban J connectivity index is 1.81. The van der Waals surface area contributed by atoms with Gasteiger partial charge in [-0.1, -0.05) is 6.92 Å². The van der Waals surface area contributed by atoms with Crippen LogP contribution in [0.3, 0.4) is 0 Å². The number of aryl methyl sites for hydroxylation is 1. The van der Waals surface area contributed by atoms with Gasteiger partial charge >= 0.3 is 0 Å². The third kappa shape index (κ3) is 6.29. The first-order chi connectivity index (χ1) is 12.4. The van der Waals surface area contributed by atoms with Crippen LogP contribution in [0.1, 0.15) is 45.6 Å². The van der Waals surface area contributed by atoms with E-state index in [0.29, 0.717) is 6.54 Å². The summed E-state index contributed by atoms with van der Waals surface area (Å²) in [4.78, 5) is 7.10. The van der Waals surface area contributed by atoms with Crippen molar-refractivity contribution in [1.29, 1.82) is 0 Å². The average Bonchev–Trinajstić information content (AvgIpc) is 3.08. The Bertz CT molecular complexity index is 560. The van der Waals surface area contributed by atoms with Gasteiger partial charge in [0, 0.05) is 31.9 Å². The molecule has 1 fully saturated rings. The van der Waals surface area contributed by atoms with Gasteiger partial charge in [-0.3, -0.25) is 4.68 Å². The van der Waals surface area contributed by atoms with E-state index in [1.807, 2.05) is 13.2 Å². The minimum atomic E-state index is -1.02. The predicted molar refractivity (Wildman–Crippen MR) is 106 cm³/mol. The summed E-state index contributed by atoms with van der Waals surface area (Å²) >= 11 is 0. The van der Waals surface area contributed by atoms with Crippen LogP contribution in [0.5, 0.6) is 0 Å². The number of aliphatic hydroxyl groups is 1. The highest BCUT2D eigenvalue weighted by Crippen LogP contribution is 2.20. The lowest BCUT2D eigenvalue weighted by atomic mass is 9.93. The standard InChI is InChI=1S/C19H36N6O/c1-5-20-18(21-10-7-16-8-11-25(6-2)12-9-16)22-15-19(3,26)17-13-23-24(4)14-17/h13-14,16,26H,5-12,15H2,1-4H3,(H2,20,21,22). The van der Waals surface area contributed by atoms with Crippen molar-refractivity contribution in [2.75, 3.05) is 39.3 Å². The van der Waals surface area contributed by atoms with Crippen LogP contribution in [0.4, 0.5) is 0 Å². The van der Waals surface area contributed by atoms with Crippen LogP contribution in [-0.2, 0) is 12.6 Å². The summed E-state index contributed by atoms with van der Waals surface area (Å²) in [5.74, 6) is 1.56. The fourth-order valence-electron chi connectivity index (χ4n) is 3.35. The van der Waals surface area contributed by atoms with E-state index in [9.17, 15) is 5.11 Å². The quantitative estimate of drug-likeness (QED) is 0.479. The van der Waals surface area contributed by atoms with Crippen LogP contribution < -0.4 is 10.6 Å². The monoisotopic (exact) mass is 364 g/mol. The van der Waals surface area contributed by atoms with Gasteiger partial charge in [0.05, 0.1) is 12.7 Å². The zero-order valence-corrected chi connectivity index (χ0v) is 16.8. The Morgan fingerprint density at radius 2 is 2.08 bits per heavy atom. The SMILES string of the molecule is CCNC(=NCC(C)(O)c1cnn(C)c1)NCCC1CCN(CC)CC1. The minimum absolute atomic E-state index is 0.295. The zero-order chi connectivity index (χ0) is 19.0. The molecule has 148 valence electrons. The summed E-state index contributed by atoms with van der Waals surface area (Å²) in [6, 6.07) is 0. The summed E-state index contributed by atoms with van der Waals surface area (Å²) in [5.41, 5.74) is -0.244. The third-order valence-electron chi connectivity index (χ3n) is 5.22. The smallest absolute Gasteiger partial charge is 0.191 e. The summed E-state index contributed by atoms with van der Waals surface area (Å²) in [7, 11) is 1.85. The molecule has 0 amide bonds. The van der Waals surface area contributed by atoms with Crippen molar-refractivity contribution >= 4 is 5.96 Å². The lowest BCUT2D eigenvalue weighted by molar-refractivity contribution is 0.0671. The first-order valence-electron chi connectivity index (χ1n) is 9.90. The summed E-state index contributed by atoms with van der Waals surface area (Å²) < 4.78 is 1.70. The molecule has 1 aromatic heterocycles. The van der Waals surface area contributed by atoms with Gasteiger partial charge in [0.15, 0.2) is 5.96 Å². The van der Waals surface area contributed by atoms with Crippen LogP contribution in [0.15, 0.2) is 17.4 Å². The molecule has 1 atom stereocenters. The van der Waals surface area contributed by atoms with Crippen molar-refractivity contribution in [1.82, 2.24) is 25.3 Å². The van der Waals surface area contributed by atoms with Crippen molar-refractivity contribution in [3.05, 3.63) is 18.0 Å². The number of hydrogen-bond acceptors (Lipinski definition) is 4. The number of hydrogen-bond donors (Lipinski definition) is 3. The molecule has 0 aliphatic carbocycles. The number of aromatic nitrogens is 2. The molecule has 3 N–H and O–H groups in total. The van der Waals surface area contributed by atoms with Crippen molar-refractivity contribution < 1.29 is 5.11 Å². The Kier molecular flexibility index (Phi) is 7.90. The molecule has 2 rings (SSSR count). The second kappa shape index (κ2) is 9.92. The summed E-state index contributed by atoms with van der Waals surface area (Å²) in [6.07, 6.45) is 7.27. The topological polar surface area (TPSA) is 77.7 Å². The minimum Gasteiger partial charge on any atom is -0.383 e. The van der Waals surface area contributed by atoms with Crippen molar-refractivity contribution in [3.63, 3.8) is 0 Å². The molecule has 0 aromatic carbocycles. The van der Waals surface area contributed by atoms with Gasteiger partial charge in [0.1, 0.15) is 5.60 Å². The van der Waals surface area contributed by atoms with Crippen molar-refractivity contribution in [2.45, 2.75) is 45.6 Å². The number of likely N-dealkylation sites (tertiary alicyclic amines) is 1. The molecule has 1 aromatic rings. The Morgan fingerprint density at radius 3 is 2.65 bits per heavy atom.